The summed E-state index contributed by atoms with van der Waals surface area (Å²) >= 11 is 0. The topological polar surface area (TPSA) is 30.7 Å². The molecule has 0 spiro atoms. The number of fused-ring (bicyclic) bond motifs is 1. The highest BCUT2D eigenvalue weighted by Gasteiger charge is 1.98. The molecule has 3 aromatic rings. The molecular weight excluding hydrogens is 198 g/mol. The third-order valence-corrected chi connectivity index (χ3v) is 2.57. The Kier molecular flexibility index (Phi) is 2.14. The molecule has 0 unspecified atom stereocenters. The zero-order chi connectivity index (χ0) is 10.8. The van der Waals surface area contributed by atoms with Crippen LogP contribution in [0.15, 0.2) is 55.0 Å². The summed E-state index contributed by atoms with van der Waals surface area (Å²) < 4.78 is 1.91. The van der Waals surface area contributed by atoms with Gasteiger partial charge in [-0.05, 0) is 29.8 Å². The summed E-state index contributed by atoms with van der Waals surface area (Å²) in [6.45, 7) is 0.803. The molecule has 2 aromatic heterocycles. The van der Waals surface area contributed by atoms with Crippen molar-refractivity contribution >= 4 is 10.9 Å². The molecule has 78 valence electrons. The number of pyridine rings is 1. The zero-order valence-electron chi connectivity index (χ0n) is 8.74. The van der Waals surface area contributed by atoms with Gasteiger partial charge in [0.1, 0.15) is 0 Å². The van der Waals surface area contributed by atoms with E-state index in [0.717, 1.165) is 12.1 Å². The van der Waals surface area contributed by atoms with E-state index in [4.69, 9.17) is 0 Å². The molecule has 16 heavy (non-hydrogen) atoms. The van der Waals surface area contributed by atoms with Crippen molar-refractivity contribution in [1.82, 2.24) is 14.8 Å². The van der Waals surface area contributed by atoms with Gasteiger partial charge in [-0.1, -0.05) is 12.1 Å². The molecule has 0 saturated carbocycles. The van der Waals surface area contributed by atoms with Crippen LogP contribution in [0.4, 0.5) is 0 Å². The summed E-state index contributed by atoms with van der Waals surface area (Å²) in [5.74, 6) is 0. The van der Waals surface area contributed by atoms with Crippen molar-refractivity contribution in [2.75, 3.05) is 0 Å². The van der Waals surface area contributed by atoms with Gasteiger partial charge in [0, 0.05) is 24.0 Å². The fourth-order valence-electron chi connectivity index (χ4n) is 1.80. The van der Waals surface area contributed by atoms with Gasteiger partial charge in [0.15, 0.2) is 0 Å². The van der Waals surface area contributed by atoms with Crippen molar-refractivity contribution in [2.45, 2.75) is 6.54 Å². The maximum absolute atomic E-state index is 4.30. The van der Waals surface area contributed by atoms with Gasteiger partial charge in [0.25, 0.3) is 0 Å². The van der Waals surface area contributed by atoms with Crippen LogP contribution in [0.1, 0.15) is 5.56 Å². The van der Waals surface area contributed by atoms with E-state index in [2.05, 4.69) is 28.3 Å². The van der Waals surface area contributed by atoms with Gasteiger partial charge in [-0.25, -0.2) is 0 Å². The predicted octanol–water partition coefficient (Wildman–Crippen LogP) is 2.48. The molecule has 0 N–H and O–H groups in total. The largest absolute Gasteiger partial charge is 0.268 e. The molecule has 0 aliphatic rings. The van der Waals surface area contributed by atoms with E-state index in [-0.39, 0.29) is 0 Å². The van der Waals surface area contributed by atoms with E-state index >= 15 is 0 Å². The first kappa shape index (κ1) is 9.09. The van der Waals surface area contributed by atoms with Gasteiger partial charge in [-0.2, -0.15) is 5.10 Å². The van der Waals surface area contributed by atoms with E-state index in [0.29, 0.717) is 0 Å². The van der Waals surface area contributed by atoms with Gasteiger partial charge in [0.2, 0.25) is 0 Å². The second kappa shape index (κ2) is 3.77. The van der Waals surface area contributed by atoms with Crippen molar-refractivity contribution < 1.29 is 0 Å². The van der Waals surface area contributed by atoms with Crippen molar-refractivity contribution in [3.63, 3.8) is 0 Å². The molecule has 0 radical (unpaired) electrons. The number of hydrogen-bond acceptors (Lipinski definition) is 2. The minimum atomic E-state index is 0.803. The van der Waals surface area contributed by atoms with E-state index in [9.17, 15) is 0 Å². The Labute approximate surface area is 93.4 Å². The SMILES string of the molecule is c1cnc2ccc(Cn3cccn3)cc2c1. The van der Waals surface area contributed by atoms with Crippen LogP contribution in [0, 0.1) is 0 Å². The van der Waals surface area contributed by atoms with E-state index in [1.54, 1.807) is 6.20 Å². The van der Waals surface area contributed by atoms with Crippen LogP contribution >= 0.6 is 0 Å². The minimum absolute atomic E-state index is 0.803. The van der Waals surface area contributed by atoms with Gasteiger partial charge >= 0.3 is 0 Å². The fraction of sp³-hybridized carbons (Fsp3) is 0.0769. The van der Waals surface area contributed by atoms with Crippen molar-refractivity contribution in [3.05, 3.63) is 60.6 Å². The molecule has 3 nitrogen and oxygen atoms in total. The third kappa shape index (κ3) is 1.67. The lowest BCUT2D eigenvalue weighted by Crippen LogP contribution is -1.99. The van der Waals surface area contributed by atoms with Gasteiger partial charge in [-0.3, -0.25) is 9.67 Å². The van der Waals surface area contributed by atoms with E-state index < -0.39 is 0 Å². The van der Waals surface area contributed by atoms with Gasteiger partial charge < -0.3 is 0 Å². The molecule has 0 bridgehead atoms. The first-order valence-electron chi connectivity index (χ1n) is 5.23. The Bertz CT molecular complexity index is 599. The summed E-state index contributed by atoms with van der Waals surface area (Å²) in [5.41, 5.74) is 2.27. The number of hydrogen-bond donors (Lipinski definition) is 0. The number of aromatic nitrogens is 3. The molecule has 1 aromatic carbocycles. The van der Waals surface area contributed by atoms with E-state index in [1.165, 1.54) is 10.9 Å². The lowest BCUT2D eigenvalue weighted by Gasteiger charge is -2.03. The first-order chi connectivity index (χ1) is 7.92. The maximum Gasteiger partial charge on any atom is 0.0702 e. The number of benzene rings is 1. The molecule has 0 aliphatic heterocycles. The van der Waals surface area contributed by atoms with Crippen LogP contribution < -0.4 is 0 Å². The van der Waals surface area contributed by atoms with Crippen LogP contribution in [0.5, 0.6) is 0 Å². The summed E-state index contributed by atoms with van der Waals surface area (Å²) in [6.07, 6.45) is 5.57. The molecule has 3 rings (SSSR count). The third-order valence-electron chi connectivity index (χ3n) is 2.57. The summed E-state index contributed by atoms with van der Waals surface area (Å²) in [7, 11) is 0. The summed E-state index contributed by atoms with van der Waals surface area (Å²) in [6, 6.07) is 12.3. The van der Waals surface area contributed by atoms with Gasteiger partial charge in [0.05, 0.1) is 12.1 Å². The van der Waals surface area contributed by atoms with E-state index in [1.807, 2.05) is 35.3 Å². The number of nitrogens with zero attached hydrogens (tertiary/aromatic N) is 3. The highest BCUT2D eigenvalue weighted by atomic mass is 15.3. The molecule has 0 amide bonds. The minimum Gasteiger partial charge on any atom is -0.268 e. The molecular formula is C13H11N3. The van der Waals surface area contributed by atoms with Crippen molar-refractivity contribution in [2.24, 2.45) is 0 Å². The van der Waals surface area contributed by atoms with Crippen LogP contribution in [-0.2, 0) is 6.54 Å². The maximum atomic E-state index is 4.30. The Hall–Kier alpha value is -2.16. The molecule has 2 heterocycles. The van der Waals surface area contributed by atoms with Crippen LogP contribution in [0.25, 0.3) is 10.9 Å². The van der Waals surface area contributed by atoms with Crippen LogP contribution in [0.2, 0.25) is 0 Å². The Morgan fingerprint density at radius 3 is 2.94 bits per heavy atom. The quantitative estimate of drug-likeness (QED) is 0.649. The number of rotatable bonds is 2. The van der Waals surface area contributed by atoms with Gasteiger partial charge in [-0.15, -0.1) is 0 Å². The molecule has 3 heteroatoms. The zero-order valence-corrected chi connectivity index (χ0v) is 8.74. The molecule has 0 saturated heterocycles. The van der Waals surface area contributed by atoms with Crippen LogP contribution in [0.3, 0.4) is 0 Å². The highest BCUT2D eigenvalue weighted by Crippen LogP contribution is 2.13. The molecule has 0 fully saturated rings. The Morgan fingerprint density at radius 2 is 2.06 bits per heavy atom. The Balaban J connectivity index is 1.99. The lowest BCUT2D eigenvalue weighted by atomic mass is 10.1. The lowest BCUT2D eigenvalue weighted by molar-refractivity contribution is 0.687. The highest BCUT2D eigenvalue weighted by molar-refractivity contribution is 5.78. The monoisotopic (exact) mass is 209 g/mol. The predicted molar refractivity (Wildman–Crippen MR) is 63.1 cm³/mol. The average molecular weight is 209 g/mol. The van der Waals surface area contributed by atoms with Crippen LogP contribution in [-0.4, -0.2) is 14.8 Å². The normalized spacial score (nSPS) is 10.8. The second-order valence-electron chi connectivity index (χ2n) is 3.73. The Morgan fingerprint density at radius 1 is 1.06 bits per heavy atom. The fourth-order valence-corrected chi connectivity index (χ4v) is 1.80. The standard InChI is InChI=1S/C13H11N3/c1-3-12-9-11(4-5-13(12)14-6-1)10-16-8-2-7-15-16/h1-9H,10H2. The average Bonchev–Trinajstić information content (AvgIpc) is 2.82. The molecule has 0 atom stereocenters. The summed E-state index contributed by atoms with van der Waals surface area (Å²) in [5, 5.41) is 5.37. The smallest absolute Gasteiger partial charge is 0.0702 e. The first-order valence-corrected chi connectivity index (χ1v) is 5.23. The van der Waals surface area contributed by atoms with Crippen molar-refractivity contribution in [1.29, 1.82) is 0 Å². The second-order valence-corrected chi connectivity index (χ2v) is 3.73. The molecule has 0 aliphatic carbocycles. The van der Waals surface area contributed by atoms with Crippen molar-refractivity contribution in [3.8, 4) is 0 Å². The summed E-state index contributed by atoms with van der Waals surface area (Å²) in [4.78, 5) is 4.30.